The minimum atomic E-state index is -0.0915. The Balaban J connectivity index is 1.38. The molecule has 0 unspecified atom stereocenters. The van der Waals surface area contributed by atoms with Gasteiger partial charge in [-0.1, -0.05) is 30.3 Å². The lowest BCUT2D eigenvalue weighted by atomic mass is 9.91. The van der Waals surface area contributed by atoms with E-state index in [9.17, 15) is 4.79 Å². The van der Waals surface area contributed by atoms with Gasteiger partial charge in [-0.25, -0.2) is 0 Å². The predicted molar refractivity (Wildman–Crippen MR) is 115 cm³/mol. The number of anilines is 1. The van der Waals surface area contributed by atoms with E-state index in [0.29, 0.717) is 6.42 Å². The van der Waals surface area contributed by atoms with Crippen LogP contribution in [-0.4, -0.2) is 31.2 Å². The van der Waals surface area contributed by atoms with Gasteiger partial charge in [0.1, 0.15) is 0 Å². The van der Waals surface area contributed by atoms with Crippen molar-refractivity contribution >= 4 is 22.6 Å². The molecule has 1 N–H and O–H groups in total. The highest BCUT2D eigenvalue weighted by atomic mass is 16.5. The fraction of sp³-hybridized carbons (Fsp3) is 0.375. The number of ether oxygens (including phenoxy) is 1. The van der Waals surface area contributed by atoms with E-state index in [4.69, 9.17) is 4.74 Å². The van der Waals surface area contributed by atoms with Gasteiger partial charge >= 0.3 is 5.97 Å². The summed E-state index contributed by atoms with van der Waals surface area (Å²) in [5.74, 6) is 0.629. The smallest absolute Gasteiger partial charge is 0.305 e. The van der Waals surface area contributed by atoms with E-state index in [1.807, 2.05) is 0 Å². The van der Waals surface area contributed by atoms with Gasteiger partial charge in [-0.15, -0.1) is 0 Å². The molecular formula is C24H28N2O2. The highest BCUT2D eigenvalue weighted by Crippen LogP contribution is 2.30. The van der Waals surface area contributed by atoms with Crippen LogP contribution in [0, 0.1) is 5.92 Å². The van der Waals surface area contributed by atoms with E-state index in [1.54, 1.807) is 0 Å². The molecule has 4 heteroatoms. The summed E-state index contributed by atoms with van der Waals surface area (Å²) in [6.07, 6.45) is 4.99. The molecule has 0 saturated carbocycles. The highest BCUT2D eigenvalue weighted by molar-refractivity contribution is 5.86. The Hall–Kier alpha value is -2.75. The number of para-hydroxylation sites is 1. The molecule has 3 aromatic rings. The number of hydrogen-bond donors (Lipinski definition) is 1. The van der Waals surface area contributed by atoms with Gasteiger partial charge in [-0.2, -0.15) is 0 Å². The standard InChI is InChI=1S/C24H28N2O2/c1-28-24(27)11-4-6-18-12-14-26(15-13-18)21-9-5-8-19(16-21)23-17-20-7-2-3-10-22(20)25-23/h2-3,5,7-10,16-18,25H,4,6,11-15H2,1H3. The Morgan fingerprint density at radius 3 is 2.71 bits per heavy atom. The number of rotatable bonds is 6. The van der Waals surface area contributed by atoms with Crippen LogP contribution < -0.4 is 4.90 Å². The van der Waals surface area contributed by atoms with Crippen molar-refractivity contribution in [1.82, 2.24) is 4.98 Å². The van der Waals surface area contributed by atoms with Gasteiger partial charge in [0.15, 0.2) is 0 Å². The van der Waals surface area contributed by atoms with Gasteiger partial charge < -0.3 is 14.6 Å². The molecule has 0 amide bonds. The lowest BCUT2D eigenvalue weighted by Crippen LogP contribution is -2.33. The van der Waals surface area contributed by atoms with Gasteiger partial charge in [-0.05, 0) is 61.4 Å². The van der Waals surface area contributed by atoms with Crippen molar-refractivity contribution < 1.29 is 9.53 Å². The first-order chi connectivity index (χ1) is 13.7. The fourth-order valence-electron chi connectivity index (χ4n) is 4.22. The summed E-state index contributed by atoms with van der Waals surface area (Å²) in [6.45, 7) is 2.16. The van der Waals surface area contributed by atoms with Crippen molar-refractivity contribution in [3.8, 4) is 11.3 Å². The molecule has 1 saturated heterocycles. The highest BCUT2D eigenvalue weighted by Gasteiger charge is 2.20. The first-order valence-electron chi connectivity index (χ1n) is 10.2. The molecule has 28 heavy (non-hydrogen) atoms. The normalized spacial score (nSPS) is 15.1. The van der Waals surface area contributed by atoms with Crippen molar-refractivity contribution in [3.05, 3.63) is 54.6 Å². The number of nitrogens with zero attached hydrogens (tertiary/aromatic N) is 1. The van der Waals surface area contributed by atoms with Crippen LogP contribution in [0.15, 0.2) is 54.6 Å². The topological polar surface area (TPSA) is 45.3 Å². The number of benzene rings is 2. The molecule has 146 valence electrons. The Morgan fingerprint density at radius 2 is 1.93 bits per heavy atom. The Morgan fingerprint density at radius 1 is 1.11 bits per heavy atom. The van der Waals surface area contributed by atoms with Crippen LogP contribution in [0.5, 0.6) is 0 Å². The zero-order valence-electron chi connectivity index (χ0n) is 16.5. The number of hydrogen-bond acceptors (Lipinski definition) is 3. The second kappa shape index (κ2) is 8.51. The summed E-state index contributed by atoms with van der Waals surface area (Å²) < 4.78 is 4.73. The Bertz CT molecular complexity index is 905. The zero-order chi connectivity index (χ0) is 19.3. The van der Waals surface area contributed by atoms with Crippen molar-refractivity contribution in [2.24, 2.45) is 5.92 Å². The number of nitrogens with one attached hydrogen (secondary N) is 1. The van der Waals surface area contributed by atoms with Crippen molar-refractivity contribution in [1.29, 1.82) is 0 Å². The molecule has 4 rings (SSSR count). The predicted octanol–water partition coefficient (Wildman–Crippen LogP) is 5.39. The van der Waals surface area contributed by atoms with Gasteiger partial charge in [0.05, 0.1) is 7.11 Å². The second-order valence-electron chi connectivity index (χ2n) is 7.72. The van der Waals surface area contributed by atoms with Gasteiger partial charge in [0.2, 0.25) is 0 Å². The number of methoxy groups -OCH3 is 1. The van der Waals surface area contributed by atoms with Crippen LogP contribution in [0.2, 0.25) is 0 Å². The van der Waals surface area contributed by atoms with E-state index in [0.717, 1.165) is 31.8 Å². The number of esters is 1. The molecule has 0 atom stereocenters. The third-order valence-corrected chi connectivity index (χ3v) is 5.89. The van der Waals surface area contributed by atoms with Gasteiger partial charge in [-0.3, -0.25) is 4.79 Å². The molecule has 4 nitrogen and oxygen atoms in total. The van der Waals surface area contributed by atoms with E-state index in [2.05, 4.69) is 64.5 Å². The number of fused-ring (bicyclic) bond motifs is 1. The monoisotopic (exact) mass is 376 g/mol. The molecule has 2 heterocycles. The Labute approximate surface area is 166 Å². The third kappa shape index (κ3) is 4.22. The van der Waals surface area contributed by atoms with Crippen LogP contribution in [0.4, 0.5) is 5.69 Å². The average molecular weight is 377 g/mol. The zero-order valence-corrected chi connectivity index (χ0v) is 16.5. The van der Waals surface area contributed by atoms with Crippen LogP contribution in [0.1, 0.15) is 32.1 Å². The summed E-state index contributed by atoms with van der Waals surface area (Å²) in [5.41, 5.74) is 4.87. The maximum Gasteiger partial charge on any atom is 0.305 e. The SMILES string of the molecule is COC(=O)CCCC1CCN(c2cccc(-c3cc4ccccc4[nH]3)c2)CC1. The summed E-state index contributed by atoms with van der Waals surface area (Å²) >= 11 is 0. The van der Waals surface area contributed by atoms with Crippen LogP contribution in [-0.2, 0) is 9.53 Å². The maximum atomic E-state index is 11.3. The molecule has 1 aliphatic rings. The summed E-state index contributed by atoms with van der Waals surface area (Å²) in [7, 11) is 1.46. The molecule has 0 bridgehead atoms. The number of aromatic nitrogens is 1. The number of aromatic amines is 1. The van der Waals surface area contributed by atoms with Crippen molar-refractivity contribution in [3.63, 3.8) is 0 Å². The average Bonchev–Trinajstić information content (AvgIpc) is 3.18. The molecule has 0 radical (unpaired) electrons. The molecule has 0 aliphatic carbocycles. The molecular weight excluding hydrogens is 348 g/mol. The Kier molecular flexibility index (Phi) is 5.65. The van der Waals surface area contributed by atoms with E-state index in [-0.39, 0.29) is 5.97 Å². The van der Waals surface area contributed by atoms with Crippen LogP contribution >= 0.6 is 0 Å². The summed E-state index contributed by atoms with van der Waals surface area (Å²) in [5, 5.41) is 1.25. The number of piperidine rings is 1. The van der Waals surface area contributed by atoms with Gasteiger partial charge in [0, 0.05) is 41.8 Å². The number of carbonyl (C=O) groups is 1. The lowest BCUT2D eigenvalue weighted by molar-refractivity contribution is -0.140. The quantitative estimate of drug-likeness (QED) is 0.586. The molecule has 1 aromatic heterocycles. The van der Waals surface area contributed by atoms with Crippen LogP contribution in [0.25, 0.3) is 22.2 Å². The minimum absolute atomic E-state index is 0.0915. The largest absolute Gasteiger partial charge is 0.469 e. The van der Waals surface area contributed by atoms with Crippen molar-refractivity contribution in [2.45, 2.75) is 32.1 Å². The third-order valence-electron chi connectivity index (χ3n) is 5.89. The second-order valence-corrected chi connectivity index (χ2v) is 7.72. The van der Waals surface area contributed by atoms with Crippen LogP contribution in [0.3, 0.4) is 0 Å². The summed E-state index contributed by atoms with van der Waals surface area (Å²) in [4.78, 5) is 17.3. The number of H-pyrrole nitrogens is 1. The first kappa shape index (κ1) is 18.6. The van der Waals surface area contributed by atoms with Crippen molar-refractivity contribution in [2.75, 3.05) is 25.1 Å². The molecule has 2 aromatic carbocycles. The van der Waals surface area contributed by atoms with E-state index >= 15 is 0 Å². The fourth-order valence-corrected chi connectivity index (χ4v) is 4.22. The van der Waals surface area contributed by atoms with E-state index < -0.39 is 0 Å². The molecule has 1 aliphatic heterocycles. The maximum absolute atomic E-state index is 11.3. The molecule has 0 spiro atoms. The first-order valence-corrected chi connectivity index (χ1v) is 10.2. The number of carbonyl (C=O) groups excluding carboxylic acids is 1. The lowest BCUT2D eigenvalue weighted by Gasteiger charge is -2.34. The van der Waals surface area contributed by atoms with Gasteiger partial charge in [0.25, 0.3) is 0 Å². The summed E-state index contributed by atoms with van der Waals surface area (Å²) in [6, 6.07) is 19.5. The minimum Gasteiger partial charge on any atom is -0.469 e. The van der Waals surface area contributed by atoms with E-state index in [1.165, 1.54) is 47.8 Å². The molecule has 1 fully saturated rings.